The van der Waals surface area contributed by atoms with Gasteiger partial charge in [-0.15, -0.1) is 0 Å². The quantitative estimate of drug-likeness (QED) is 0.463. The zero-order valence-electron chi connectivity index (χ0n) is 6.89. The predicted octanol–water partition coefficient (Wildman–Crippen LogP) is 1.86. The molecule has 0 radical (unpaired) electrons. The molecule has 0 saturated heterocycles. The highest BCUT2D eigenvalue weighted by molar-refractivity contribution is 5.82. The number of esters is 1. The van der Waals surface area contributed by atoms with Crippen LogP contribution in [0.4, 0.5) is 4.39 Å². The smallest absolute Gasteiger partial charge is 0.330 e. The number of carbonyl (C=O) groups excluding carboxylic acids is 1. The summed E-state index contributed by atoms with van der Waals surface area (Å²) >= 11 is 0. The Hall–Kier alpha value is -0.860. The van der Waals surface area contributed by atoms with E-state index in [1.807, 2.05) is 0 Å². The third kappa shape index (κ3) is 5.58. The summed E-state index contributed by atoms with van der Waals surface area (Å²) in [5.41, 5.74) is 0.714. The average molecular weight is 160 g/mol. The predicted molar refractivity (Wildman–Crippen MR) is 41.0 cm³/mol. The number of hydrogen-bond acceptors (Lipinski definition) is 2. The average Bonchev–Trinajstić information content (AvgIpc) is 1.87. The third-order valence-electron chi connectivity index (χ3n) is 1.14. The molecule has 3 heteroatoms. The maximum atomic E-state index is 11.7. The van der Waals surface area contributed by atoms with Crippen molar-refractivity contribution in [2.45, 2.75) is 20.3 Å². The van der Waals surface area contributed by atoms with Crippen LogP contribution in [0.5, 0.6) is 0 Å². The Morgan fingerprint density at radius 3 is 2.73 bits per heavy atom. The highest BCUT2D eigenvalue weighted by Gasteiger charge is 1.96. The van der Waals surface area contributed by atoms with Crippen LogP contribution in [-0.2, 0) is 9.53 Å². The van der Waals surface area contributed by atoms with Gasteiger partial charge in [0.15, 0.2) is 0 Å². The molecular formula is C8H13FO2. The highest BCUT2D eigenvalue weighted by Crippen LogP contribution is 1.99. The second-order valence-corrected chi connectivity index (χ2v) is 2.18. The van der Waals surface area contributed by atoms with Crippen LogP contribution < -0.4 is 0 Å². The van der Waals surface area contributed by atoms with Gasteiger partial charge in [-0.1, -0.05) is 5.57 Å². The number of alkyl halides is 1. The molecule has 0 saturated carbocycles. The molecule has 0 amide bonds. The van der Waals surface area contributed by atoms with Gasteiger partial charge in [0.05, 0.1) is 13.3 Å². The molecule has 0 aliphatic heterocycles. The number of carbonyl (C=O) groups is 1. The first kappa shape index (κ1) is 10.1. The number of rotatable bonds is 4. The number of hydrogen-bond donors (Lipinski definition) is 0. The Labute approximate surface area is 66.0 Å². The Morgan fingerprint density at radius 1 is 1.64 bits per heavy atom. The van der Waals surface area contributed by atoms with Gasteiger partial charge in [0.25, 0.3) is 0 Å². The Balaban J connectivity index is 3.76. The molecule has 0 aliphatic rings. The van der Waals surface area contributed by atoms with Gasteiger partial charge in [-0.05, 0) is 20.3 Å². The van der Waals surface area contributed by atoms with Gasteiger partial charge in [0, 0.05) is 6.08 Å². The fraction of sp³-hybridized carbons (Fsp3) is 0.625. The van der Waals surface area contributed by atoms with Gasteiger partial charge < -0.3 is 4.74 Å². The van der Waals surface area contributed by atoms with Gasteiger partial charge in [0.2, 0.25) is 0 Å². The van der Waals surface area contributed by atoms with Gasteiger partial charge in [-0.25, -0.2) is 4.79 Å². The lowest BCUT2D eigenvalue weighted by atomic mass is 10.2. The van der Waals surface area contributed by atoms with Crippen molar-refractivity contribution >= 4 is 5.97 Å². The van der Waals surface area contributed by atoms with Crippen LogP contribution in [0, 0.1) is 0 Å². The van der Waals surface area contributed by atoms with Crippen molar-refractivity contribution in [2.24, 2.45) is 0 Å². The first-order valence-electron chi connectivity index (χ1n) is 3.60. The molecule has 0 spiro atoms. The zero-order chi connectivity index (χ0) is 8.69. The minimum atomic E-state index is -0.429. The lowest BCUT2D eigenvalue weighted by molar-refractivity contribution is -0.137. The van der Waals surface area contributed by atoms with Crippen molar-refractivity contribution < 1.29 is 13.9 Å². The van der Waals surface area contributed by atoms with Crippen LogP contribution in [-0.4, -0.2) is 19.3 Å². The van der Waals surface area contributed by atoms with Crippen LogP contribution >= 0.6 is 0 Å². The molecule has 0 rings (SSSR count). The van der Waals surface area contributed by atoms with E-state index in [-0.39, 0.29) is 0 Å². The normalized spacial score (nSPS) is 11.4. The summed E-state index contributed by atoms with van der Waals surface area (Å²) in [6.45, 7) is 3.37. The van der Waals surface area contributed by atoms with Gasteiger partial charge >= 0.3 is 5.97 Å². The summed E-state index contributed by atoms with van der Waals surface area (Å²) in [6, 6.07) is 0. The summed E-state index contributed by atoms with van der Waals surface area (Å²) in [5.74, 6) is -0.390. The molecular weight excluding hydrogens is 147 g/mol. The fourth-order valence-corrected chi connectivity index (χ4v) is 0.606. The molecule has 64 valence electrons. The van der Waals surface area contributed by atoms with Crippen molar-refractivity contribution in [3.05, 3.63) is 11.6 Å². The third-order valence-corrected chi connectivity index (χ3v) is 1.14. The van der Waals surface area contributed by atoms with E-state index in [9.17, 15) is 9.18 Å². The van der Waals surface area contributed by atoms with Crippen LogP contribution in [0.2, 0.25) is 0 Å². The van der Waals surface area contributed by atoms with E-state index in [1.54, 1.807) is 13.8 Å². The van der Waals surface area contributed by atoms with Gasteiger partial charge in [-0.3, -0.25) is 4.39 Å². The van der Waals surface area contributed by atoms with Crippen LogP contribution in [0.3, 0.4) is 0 Å². The molecule has 0 aromatic rings. The SMILES string of the molecule is CCOC(=O)/C=C(\C)CCF. The Morgan fingerprint density at radius 2 is 2.27 bits per heavy atom. The summed E-state index contributed by atoms with van der Waals surface area (Å²) in [5, 5.41) is 0. The van der Waals surface area contributed by atoms with Crippen molar-refractivity contribution in [3.63, 3.8) is 0 Å². The topological polar surface area (TPSA) is 26.3 Å². The van der Waals surface area contributed by atoms with Crippen LogP contribution in [0.25, 0.3) is 0 Å². The molecule has 2 nitrogen and oxygen atoms in total. The molecule has 0 aromatic carbocycles. The number of halogens is 1. The summed E-state index contributed by atoms with van der Waals surface area (Å²) < 4.78 is 16.3. The van der Waals surface area contributed by atoms with E-state index in [4.69, 9.17) is 0 Å². The van der Waals surface area contributed by atoms with E-state index < -0.39 is 12.6 Å². The summed E-state index contributed by atoms with van der Waals surface area (Å²) in [7, 11) is 0. The molecule has 0 aromatic heterocycles. The molecule has 0 aliphatic carbocycles. The molecule has 0 atom stereocenters. The zero-order valence-corrected chi connectivity index (χ0v) is 6.89. The van der Waals surface area contributed by atoms with E-state index in [1.165, 1.54) is 6.08 Å². The largest absolute Gasteiger partial charge is 0.463 e. The molecule has 0 N–H and O–H groups in total. The first-order chi connectivity index (χ1) is 5.20. The maximum Gasteiger partial charge on any atom is 0.330 e. The lowest BCUT2D eigenvalue weighted by Gasteiger charge is -1.97. The standard InChI is InChI=1S/C8H13FO2/c1-3-11-8(10)6-7(2)4-5-9/h6H,3-5H2,1-2H3/b7-6+. The van der Waals surface area contributed by atoms with Gasteiger partial charge in [-0.2, -0.15) is 0 Å². The van der Waals surface area contributed by atoms with Crippen molar-refractivity contribution in [2.75, 3.05) is 13.3 Å². The van der Waals surface area contributed by atoms with Crippen molar-refractivity contribution in [1.82, 2.24) is 0 Å². The van der Waals surface area contributed by atoms with E-state index in [0.29, 0.717) is 18.6 Å². The van der Waals surface area contributed by atoms with Crippen molar-refractivity contribution in [3.8, 4) is 0 Å². The van der Waals surface area contributed by atoms with E-state index in [0.717, 1.165) is 0 Å². The second kappa shape index (κ2) is 5.89. The minimum absolute atomic E-state index is 0.304. The minimum Gasteiger partial charge on any atom is -0.463 e. The monoisotopic (exact) mass is 160 g/mol. The Kier molecular flexibility index (Phi) is 5.43. The molecule has 0 bridgehead atoms. The van der Waals surface area contributed by atoms with Gasteiger partial charge in [0.1, 0.15) is 0 Å². The maximum absolute atomic E-state index is 11.7. The summed E-state index contributed by atoms with van der Waals surface area (Å²) in [4.78, 5) is 10.7. The highest BCUT2D eigenvalue weighted by atomic mass is 19.1. The molecule has 0 heterocycles. The Bertz CT molecular complexity index is 152. The molecule has 0 unspecified atom stereocenters. The van der Waals surface area contributed by atoms with Crippen LogP contribution in [0.1, 0.15) is 20.3 Å². The summed E-state index contributed by atoms with van der Waals surface area (Å²) in [6.07, 6.45) is 1.63. The number of ether oxygens (including phenoxy) is 1. The van der Waals surface area contributed by atoms with E-state index in [2.05, 4.69) is 4.74 Å². The lowest BCUT2D eigenvalue weighted by Crippen LogP contribution is -2.00. The van der Waals surface area contributed by atoms with Crippen LogP contribution in [0.15, 0.2) is 11.6 Å². The second-order valence-electron chi connectivity index (χ2n) is 2.18. The first-order valence-corrected chi connectivity index (χ1v) is 3.60. The fourth-order valence-electron chi connectivity index (χ4n) is 0.606. The molecule has 0 fully saturated rings. The van der Waals surface area contributed by atoms with Crippen molar-refractivity contribution in [1.29, 1.82) is 0 Å². The van der Waals surface area contributed by atoms with E-state index >= 15 is 0 Å². The molecule has 11 heavy (non-hydrogen) atoms. The number of allylic oxidation sites excluding steroid dienone is 1.